The molecule has 0 aromatic heterocycles. The van der Waals surface area contributed by atoms with Gasteiger partial charge in [0.25, 0.3) is 0 Å². The van der Waals surface area contributed by atoms with Crippen molar-refractivity contribution in [2.24, 2.45) is 0 Å². The van der Waals surface area contributed by atoms with Gasteiger partial charge in [0.2, 0.25) is 11.8 Å². The number of nitrogens with zero attached hydrogens (tertiary/aromatic N) is 3. The van der Waals surface area contributed by atoms with Gasteiger partial charge in [-0.3, -0.25) is 9.59 Å². The van der Waals surface area contributed by atoms with E-state index in [1.807, 2.05) is 25.1 Å². The van der Waals surface area contributed by atoms with Gasteiger partial charge in [-0.05, 0) is 50.3 Å². The summed E-state index contributed by atoms with van der Waals surface area (Å²) < 4.78 is 38.3. The summed E-state index contributed by atoms with van der Waals surface area (Å²) in [6.07, 6.45) is -1.15. The van der Waals surface area contributed by atoms with Crippen LogP contribution in [0.2, 0.25) is 0 Å². The molecule has 0 bridgehead atoms. The number of rotatable bonds is 5. The van der Waals surface area contributed by atoms with Crippen molar-refractivity contribution in [3.63, 3.8) is 0 Å². The third kappa shape index (κ3) is 4.97. The summed E-state index contributed by atoms with van der Waals surface area (Å²) in [6, 6.07) is 6.65. The molecule has 2 saturated heterocycles. The first kappa shape index (κ1) is 20.5. The molecule has 0 aliphatic carbocycles. The number of hydrogen-bond donors (Lipinski definition) is 0. The van der Waals surface area contributed by atoms with Gasteiger partial charge in [-0.15, -0.1) is 0 Å². The van der Waals surface area contributed by atoms with Crippen LogP contribution in [0.25, 0.3) is 0 Å². The van der Waals surface area contributed by atoms with E-state index in [0.29, 0.717) is 18.8 Å². The van der Waals surface area contributed by atoms with Gasteiger partial charge in [-0.25, -0.2) is 0 Å². The predicted molar refractivity (Wildman–Crippen MR) is 100.0 cm³/mol. The minimum absolute atomic E-state index is 0.000280. The van der Waals surface area contributed by atoms with Crippen molar-refractivity contribution >= 4 is 17.5 Å². The summed E-state index contributed by atoms with van der Waals surface area (Å²) in [6.45, 7) is 2.09. The van der Waals surface area contributed by atoms with Crippen molar-refractivity contribution < 1.29 is 22.8 Å². The van der Waals surface area contributed by atoms with Crippen LogP contribution in [0.1, 0.15) is 31.2 Å². The van der Waals surface area contributed by atoms with Gasteiger partial charge in [0.05, 0.1) is 6.54 Å². The van der Waals surface area contributed by atoms with Crippen LogP contribution in [-0.2, 0) is 9.59 Å². The highest BCUT2D eigenvalue weighted by Gasteiger charge is 2.42. The Kier molecular flexibility index (Phi) is 6.15. The van der Waals surface area contributed by atoms with Crippen LogP contribution in [0.4, 0.5) is 18.9 Å². The molecule has 1 aromatic rings. The maximum absolute atomic E-state index is 12.8. The number of alkyl halides is 3. The van der Waals surface area contributed by atoms with Crippen molar-refractivity contribution in [2.45, 2.75) is 44.8 Å². The summed E-state index contributed by atoms with van der Waals surface area (Å²) >= 11 is 0. The summed E-state index contributed by atoms with van der Waals surface area (Å²) in [5.41, 5.74) is 1.66. The average molecular weight is 397 g/mol. The zero-order valence-electron chi connectivity index (χ0n) is 16.0. The van der Waals surface area contributed by atoms with E-state index in [2.05, 4.69) is 0 Å². The molecule has 0 spiro atoms. The van der Waals surface area contributed by atoms with Crippen molar-refractivity contribution in [3.05, 3.63) is 29.8 Å². The maximum atomic E-state index is 12.8. The highest BCUT2D eigenvalue weighted by Crippen LogP contribution is 2.27. The molecular weight excluding hydrogens is 371 g/mol. The summed E-state index contributed by atoms with van der Waals surface area (Å²) in [7, 11) is 0. The first-order valence-electron chi connectivity index (χ1n) is 9.71. The van der Waals surface area contributed by atoms with E-state index in [4.69, 9.17) is 0 Å². The second-order valence-electron chi connectivity index (χ2n) is 7.59. The smallest absolute Gasteiger partial charge is 0.350 e. The number of hydrogen-bond acceptors (Lipinski definition) is 3. The second kappa shape index (κ2) is 8.41. The lowest BCUT2D eigenvalue weighted by Crippen LogP contribution is -2.49. The topological polar surface area (TPSA) is 43.9 Å². The molecule has 2 heterocycles. The number of halogens is 3. The van der Waals surface area contributed by atoms with Crippen LogP contribution >= 0.6 is 0 Å². The Morgan fingerprint density at radius 2 is 1.89 bits per heavy atom. The zero-order valence-corrected chi connectivity index (χ0v) is 16.0. The van der Waals surface area contributed by atoms with Crippen LogP contribution in [0, 0.1) is 6.92 Å². The van der Waals surface area contributed by atoms with Crippen LogP contribution in [0.5, 0.6) is 0 Å². The molecule has 1 unspecified atom stereocenters. The number of likely N-dealkylation sites (tertiary alicyclic amines) is 2. The monoisotopic (exact) mass is 397 g/mol. The summed E-state index contributed by atoms with van der Waals surface area (Å²) in [4.78, 5) is 29.8. The minimum atomic E-state index is -4.43. The Morgan fingerprint density at radius 3 is 2.54 bits per heavy atom. The van der Waals surface area contributed by atoms with E-state index in [1.54, 1.807) is 15.9 Å². The normalized spacial score (nSPS) is 20.6. The van der Waals surface area contributed by atoms with Crippen LogP contribution in [0.3, 0.4) is 0 Å². The molecular formula is C20H26F3N3O2. The fourth-order valence-electron chi connectivity index (χ4n) is 3.96. The van der Waals surface area contributed by atoms with E-state index in [-0.39, 0.29) is 25.4 Å². The van der Waals surface area contributed by atoms with Crippen molar-refractivity contribution in [1.29, 1.82) is 0 Å². The molecule has 1 aromatic carbocycles. The second-order valence-corrected chi connectivity index (χ2v) is 7.59. The number of piperidine rings is 1. The molecule has 2 aliphatic heterocycles. The Bertz CT molecular complexity index is 717. The molecule has 8 heteroatoms. The molecule has 3 rings (SSSR count). The van der Waals surface area contributed by atoms with Crippen molar-refractivity contribution in [2.75, 3.05) is 37.6 Å². The molecule has 2 fully saturated rings. The molecule has 0 saturated carbocycles. The van der Waals surface area contributed by atoms with Gasteiger partial charge < -0.3 is 14.7 Å². The third-order valence-electron chi connectivity index (χ3n) is 5.36. The number of amides is 2. The SMILES string of the molecule is Cc1cccc(N(CC(=O)N2CCCCC2)C2CCN(CC(F)(F)F)C2=O)c1. The quantitative estimate of drug-likeness (QED) is 0.767. The summed E-state index contributed by atoms with van der Waals surface area (Å²) in [5, 5.41) is 0. The molecule has 2 amide bonds. The average Bonchev–Trinajstić information content (AvgIpc) is 2.99. The Labute approximate surface area is 163 Å². The highest BCUT2D eigenvalue weighted by molar-refractivity contribution is 5.90. The number of aryl methyl sites for hydroxylation is 1. The van der Waals surface area contributed by atoms with E-state index in [9.17, 15) is 22.8 Å². The van der Waals surface area contributed by atoms with Crippen LogP contribution in [-0.4, -0.2) is 66.6 Å². The van der Waals surface area contributed by atoms with Gasteiger partial charge in [0, 0.05) is 25.3 Å². The predicted octanol–water partition coefficient (Wildman–Crippen LogP) is 2.98. The van der Waals surface area contributed by atoms with Gasteiger partial charge in [0.1, 0.15) is 12.6 Å². The number of benzene rings is 1. The summed E-state index contributed by atoms with van der Waals surface area (Å²) in [5.74, 6) is -0.645. The van der Waals surface area contributed by atoms with Gasteiger partial charge in [-0.1, -0.05) is 12.1 Å². The number of carbonyl (C=O) groups excluding carboxylic acids is 2. The van der Waals surface area contributed by atoms with Crippen LogP contribution in [0.15, 0.2) is 24.3 Å². The molecule has 2 aliphatic rings. The maximum Gasteiger partial charge on any atom is 0.406 e. The fraction of sp³-hybridized carbons (Fsp3) is 0.600. The molecule has 0 radical (unpaired) electrons. The molecule has 0 N–H and O–H groups in total. The largest absolute Gasteiger partial charge is 0.406 e. The first-order chi connectivity index (χ1) is 13.2. The van der Waals surface area contributed by atoms with Crippen molar-refractivity contribution in [3.8, 4) is 0 Å². The molecule has 1 atom stereocenters. The lowest BCUT2D eigenvalue weighted by Gasteiger charge is -2.33. The molecule has 5 nitrogen and oxygen atoms in total. The number of anilines is 1. The molecule has 154 valence electrons. The fourth-order valence-corrected chi connectivity index (χ4v) is 3.96. The standard InChI is InChI=1S/C20H26F3N3O2/c1-15-6-5-7-16(12-15)26(13-18(27)24-9-3-2-4-10-24)17-8-11-25(19(17)28)14-20(21,22)23/h5-7,12,17H,2-4,8-11,13-14H2,1H3. The Hall–Kier alpha value is -2.25. The van der Waals surface area contributed by atoms with Gasteiger partial charge in [-0.2, -0.15) is 13.2 Å². The Balaban J connectivity index is 1.80. The lowest BCUT2D eigenvalue weighted by atomic mass is 10.1. The lowest BCUT2D eigenvalue weighted by molar-refractivity contribution is -0.157. The first-order valence-corrected chi connectivity index (χ1v) is 9.71. The Morgan fingerprint density at radius 1 is 1.18 bits per heavy atom. The van der Waals surface area contributed by atoms with Crippen LogP contribution < -0.4 is 4.90 Å². The van der Waals surface area contributed by atoms with E-state index in [1.165, 1.54) is 0 Å². The van der Waals surface area contributed by atoms with E-state index < -0.39 is 24.7 Å². The minimum Gasteiger partial charge on any atom is -0.350 e. The highest BCUT2D eigenvalue weighted by atomic mass is 19.4. The van der Waals surface area contributed by atoms with Gasteiger partial charge >= 0.3 is 6.18 Å². The van der Waals surface area contributed by atoms with Gasteiger partial charge in [0.15, 0.2) is 0 Å². The zero-order chi connectivity index (χ0) is 20.3. The molecule has 28 heavy (non-hydrogen) atoms. The van der Waals surface area contributed by atoms with E-state index in [0.717, 1.165) is 29.7 Å². The third-order valence-corrected chi connectivity index (χ3v) is 5.36. The van der Waals surface area contributed by atoms with Crippen molar-refractivity contribution in [1.82, 2.24) is 9.80 Å². The number of carbonyl (C=O) groups is 2. The van der Waals surface area contributed by atoms with E-state index >= 15 is 0 Å².